The number of rotatable bonds is 8. The quantitative estimate of drug-likeness (QED) is 0.538. The molecule has 9 heteroatoms. The van der Waals surface area contributed by atoms with Crippen LogP contribution in [0.25, 0.3) is 0 Å². The summed E-state index contributed by atoms with van der Waals surface area (Å²) in [6, 6.07) is 7.21. The maximum atomic E-state index is 13.1. The van der Waals surface area contributed by atoms with Gasteiger partial charge < -0.3 is 19.0 Å². The molecule has 0 bridgehead atoms. The molecule has 3 aromatic heterocycles. The van der Waals surface area contributed by atoms with Crippen molar-refractivity contribution in [3.05, 3.63) is 69.8 Å². The van der Waals surface area contributed by atoms with Crippen molar-refractivity contribution >= 4 is 5.91 Å². The van der Waals surface area contributed by atoms with Crippen LogP contribution < -0.4 is 15.6 Å². The number of pyridine rings is 1. The van der Waals surface area contributed by atoms with Gasteiger partial charge in [0, 0.05) is 63.3 Å². The maximum absolute atomic E-state index is 13.1. The molecule has 1 amide bonds. The van der Waals surface area contributed by atoms with Crippen LogP contribution in [0.2, 0.25) is 0 Å². The predicted octanol–water partition coefficient (Wildman–Crippen LogP) is 1.83. The van der Waals surface area contributed by atoms with Gasteiger partial charge in [-0.3, -0.25) is 19.2 Å². The molecule has 3 aromatic rings. The third-order valence-electron chi connectivity index (χ3n) is 5.72. The average molecular weight is 440 g/mol. The first kappa shape index (κ1) is 21.9. The fourth-order valence-corrected chi connectivity index (χ4v) is 4.11. The molecule has 9 nitrogen and oxygen atoms in total. The van der Waals surface area contributed by atoms with Crippen LogP contribution in [0.4, 0.5) is 0 Å². The van der Waals surface area contributed by atoms with Gasteiger partial charge in [-0.15, -0.1) is 0 Å². The normalized spacial score (nSPS) is 14.1. The lowest BCUT2D eigenvalue weighted by atomic mass is 10.1. The average Bonchev–Trinajstić information content (AvgIpc) is 3.39. The van der Waals surface area contributed by atoms with Gasteiger partial charge in [0.05, 0.1) is 13.7 Å². The Labute approximate surface area is 186 Å². The van der Waals surface area contributed by atoms with Gasteiger partial charge in [0.1, 0.15) is 22.8 Å². The number of hydrogen-bond acceptors (Lipinski definition) is 6. The first-order valence-corrected chi connectivity index (χ1v) is 10.9. The van der Waals surface area contributed by atoms with Crippen LogP contribution in [0.3, 0.4) is 0 Å². The molecule has 4 heterocycles. The van der Waals surface area contributed by atoms with E-state index in [2.05, 4.69) is 15.3 Å². The number of carbonyl (C=O) groups excluding carboxylic acids is 1. The Morgan fingerprint density at radius 1 is 1.28 bits per heavy atom. The molecule has 0 atom stereocenters. The van der Waals surface area contributed by atoms with Crippen molar-refractivity contribution in [2.24, 2.45) is 0 Å². The summed E-state index contributed by atoms with van der Waals surface area (Å²) in [6.45, 7) is 5.74. The van der Waals surface area contributed by atoms with Crippen molar-refractivity contribution in [2.75, 3.05) is 26.7 Å². The molecule has 32 heavy (non-hydrogen) atoms. The second-order valence-corrected chi connectivity index (χ2v) is 7.94. The van der Waals surface area contributed by atoms with Crippen molar-refractivity contribution < 1.29 is 13.9 Å². The van der Waals surface area contributed by atoms with Crippen LogP contribution in [-0.2, 0) is 26.1 Å². The highest BCUT2D eigenvalue weighted by Crippen LogP contribution is 2.23. The molecule has 1 N–H and O–H groups in total. The molecular weight excluding hydrogens is 410 g/mol. The van der Waals surface area contributed by atoms with E-state index in [1.165, 1.54) is 13.2 Å². The molecule has 0 spiro atoms. The highest BCUT2D eigenvalue weighted by Gasteiger charge is 2.25. The zero-order valence-corrected chi connectivity index (χ0v) is 18.5. The van der Waals surface area contributed by atoms with E-state index in [9.17, 15) is 9.59 Å². The number of hydrogen-bond donors (Lipinski definition) is 1. The monoisotopic (exact) mass is 439 g/mol. The van der Waals surface area contributed by atoms with E-state index in [-0.39, 0.29) is 11.5 Å². The Balaban J connectivity index is 1.48. The highest BCUT2D eigenvalue weighted by atomic mass is 16.5. The van der Waals surface area contributed by atoms with E-state index < -0.39 is 0 Å². The lowest BCUT2D eigenvalue weighted by Crippen LogP contribution is -2.32. The van der Waals surface area contributed by atoms with Crippen molar-refractivity contribution in [3.8, 4) is 5.75 Å². The van der Waals surface area contributed by atoms with Gasteiger partial charge in [-0.1, -0.05) is 0 Å². The molecule has 1 aliphatic heterocycles. The zero-order chi connectivity index (χ0) is 22.5. The first-order valence-electron chi connectivity index (χ1n) is 10.9. The second kappa shape index (κ2) is 9.86. The number of aromatic nitrogens is 3. The lowest BCUT2D eigenvalue weighted by molar-refractivity contribution is 0.0947. The third-order valence-corrected chi connectivity index (χ3v) is 5.72. The minimum atomic E-state index is -0.221. The van der Waals surface area contributed by atoms with Gasteiger partial charge in [-0.25, -0.2) is 0 Å². The number of carbonyl (C=O) groups is 1. The molecule has 4 rings (SSSR count). The van der Waals surface area contributed by atoms with Crippen molar-refractivity contribution in [1.82, 2.24) is 24.6 Å². The van der Waals surface area contributed by atoms with Gasteiger partial charge in [-0.05, 0) is 31.5 Å². The molecule has 170 valence electrons. The molecule has 0 saturated carbocycles. The topological polar surface area (TPSA) is 94.5 Å². The summed E-state index contributed by atoms with van der Waals surface area (Å²) in [7, 11) is 1.49. The summed E-state index contributed by atoms with van der Waals surface area (Å²) >= 11 is 0. The van der Waals surface area contributed by atoms with Crippen molar-refractivity contribution in [3.63, 3.8) is 0 Å². The number of ether oxygens (including phenoxy) is 1. The van der Waals surface area contributed by atoms with E-state index in [1.54, 1.807) is 10.8 Å². The molecular formula is C23H29N5O4. The molecule has 1 aliphatic rings. The van der Waals surface area contributed by atoms with E-state index in [4.69, 9.17) is 9.15 Å². The molecule has 0 aromatic carbocycles. The fourth-order valence-electron chi connectivity index (χ4n) is 4.11. The summed E-state index contributed by atoms with van der Waals surface area (Å²) in [6.07, 6.45) is 4.95. The molecule has 0 unspecified atom stereocenters. The van der Waals surface area contributed by atoms with Crippen LogP contribution in [0.15, 0.2) is 45.9 Å². The van der Waals surface area contributed by atoms with Gasteiger partial charge in [0.25, 0.3) is 11.5 Å². The Bertz CT molecular complexity index is 1120. The van der Waals surface area contributed by atoms with Gasteiger partial charge in [-0.2, -0.15) is 5.10 Å². The van der Waals surface area contributed by atoms with E-state index in [1.807, 2.05) is 36.0 Å². The number of methoxy groups -OCH3 is 1. The molecule has 0 radical (unpaired) electrons. The van der Waals surface area contributed by atoms with E-state index >= 15 is 0 Å². The maximum Gasteiger partial charge on any atom is 0.256 e. The summed E-state index contributed by atoms with van der Waals surface area (Å²) in [4.78, 5) is 28.1. The summed E-state index contributed by atoms with van der Waals surface area (Å²) in [5.41, 5.74) is 1.02. The number of amides is 1. The Hall–Kier alpha value is -3.33. The Kier molecular flexibility index (Phi) is 6.75. The molecule has 0 fully saturated rings. The number of fused-ring (bicyclic) bond motifs is 1. The largest absolute Gasteiger partial charge is 0.496 e. The zero-order valence-electron chi connectivity index (χ0n) is 18.5. The fraction of sp³-hybridized carbons (Fsp3) is 0.435. The van der Waals surface area contributed by atoms with Gasteiger partial charge in [0.2, 0.25) is 0 Å². The molecule has 0 aliphatic carbocycles. The van der Waals surface area contributed by atoms with Gasteiger partial charge in [0.15, 0.2) is 0 Å². The molecule has 0 saturated heterocycles. The van der Waals surface area contributed by atoms with Crippen LogP contribution in [0.5, 0.6) is 5.75 Å². The number of nitrogens with zero attached hydrogens (tertiary/aromatic N) is 4. The predicted molar refractivity (Wildman–Crippen MR) is 119 cm³/mol. The number of nitrogens with one attached hydrogen (secondary N) is 1. The summed E-state index contributed by atoms with van der Waals surface area (Å²) < 4.78 is 14.7. The summed E-state index contributed by atoms with van der Waals surface area (Å²) in [5.74, 6) is 1.88. The van der Waals surface area contributed by atoms with Crippen LogP contribution in [0.1, 0.15) is 34.0 Å². The van der Waals surface area contributed by atoms with Crippen molar-refractivity contribution in [2.45, 2.75) is 39.4 Å². The van der Waals surface area contributed by atoms with Crippen LogP contribution >= 0.6 is 0 Å². The summed E-state index contributed by atoms with van der Waals surface area (Å²) in [5, 5.41) is 7.15. The lowest BCUT2D eigenvalue weighted by Gasteiger charge is -2.17. The van der Waals surface area contributed by atoms with Gasteiger partial charge >= 0.3 is 0 Å². The number of aryl methyl sites for hydroxylation is 2. The first-order chi connectivity index (χ1) is 15.5. The van der Waals surface area contributed by atoms with Crippen LogP contribution in [0, 0.1) is 6.92 Å². The standard InChI is InChI=1S/C23H29N5O4/c1-17-5-6-18(32-17)16-26-12-7-19-22(20(31-2)15-21(29)28(19)14-13-26)23(30)24-8-3-10-27-11-4-9-25-27/h4-6,9,11,15H,3,7-8,10,12-14,16H2,1-2H3,(H,24,30). The SMILES string of the molecule is COc1cc(=O)n2c(c1C(=O)NCCCn1cccn1)CCN(Cc1ccc(C)o1)CC2. The Morgan fingerprint density at radius 2 is 2.16 bits per heavy atom. The van der Waals surface area contributed by atoms with E-state index in [0.29, 0.717) is 50.5 Å². The van der Waals surface area contributed by atoms with Crippen LogP contribution in [-0.4, -0.2) is 51.9 Å². The Morgan fingerprint density at radius 3 is 2.88 bits per heavy atom. The third kappa shape index (κ3) is 4.94. The minimum Gasteiger partial charge on any atom is -0.496 e. The van der Waals surface area contributed by atoms with Crippen molar-refractivity contribution in [1.29, 1.82) is 0 Å². The smallest absolute Gasteiger partial charge is 0.256 e. The second-order valence-electron chi connectivity index (χ2n) is 7.94. The van der Waals surface area contributed by atoms with E-state index in [0.717, 1.165) is 30.2 Å². The highest BCUT2D eigenvalue weighted by molar-refractivity contribution is 5.98. The number of furan rings is 1. The minimum absolute atomic E-state index is 0.150.